The molecule has 0 bridgehead atoms. The van der Waals surface area contributed by atoms with Crippen molar-refractivity contribution in [3.05, 3.63) is 46.5 Å². The van der Waals surface area contributed by atoms with E-state index in [4.69, 9.17) is 4.74 Å². The number of benzene rings is 1. The fraction of sp³-hybridized carbons (Fsp3) is 0.375. The Labute approximate surface area is 145 Å². The molecule has 2 aromatic rings. The number of aryl methyl sites for hydroxylation is 1. The molecule has 6 nitrogen and oxygen atoms in total. The number of esters is 1. The summed E-state index contributed by atoms with van der Waals surface area (Å²) in [6.07, 6.45) is 1.36. The number of unbranched alkanes of at least 4 members (excludes halogenated alkanes) is 1. The van der Waals surface area contributed by atoms with Crippen molar-refractivity contribution in [1.82, 2.24) is 4.98 Å². The number of aromatic nitrogens is 1. The molecule has 1 aromatic carbocycles. The van der Waals surface area contributed by atoms with Crippen LogP contribution >= 0.6 is 11.3 Å². The molecule has 0 atom stereocenters. The van der Waals surface area contributed by atoms with Crippen LogP contribution in [0.4, 0.5) is 5.13 Å². The highest BCUT2D eigenvalue weighted by molar-refractivity contribution is 7.92. The van der Waals surface area contributed by atoms with Crippen molar-refractivity contribution >= 4 is 32.5 Å². The monoisotopic (exact) mass is 368 g/mol. The normalized spacial score (nSPS) is 11.2. The van der Waals surface area contributed by atoms with E-state index in [-0.39, 0.29) is 17.5 Å². The summed E-state index contributed by atoms with van der Waals surface area (Å²) in [5.41, 5.74) is 1.33. The summed E-state index contributed by atoms with van der Waals surface area (Å²) in [6, 6.07) is 9.34. The van der Waals surface area contributed by atoms with Crippen LogP contribution in [0.1, 0.15) is 40.7 Å². The molecule has 0 aliphatic carbocycles. The van der Waals surface area contributed by atoms with Crippen LogP contribution < -0.4 is 4.72 Å². The van der Waals surface area contributed by atoms with Crippen LogP contribution in [0.2, 0.25) is 0 Å². The van der Waals surface area contributed by atoms with Crippen LogP contribution in [0.25, 0.3) is 0 Å². The van der Waals surface area contributed by atoms with Crippen LogP contribution in [0.5, 0.6) is 0 Å². The molecule has 0 amide bonds. The Kier molecular flexibility index (Phi) is 6.33. The highest BCUT2D eigenvalue weighted by Gasteiger charge is 2.19. The van der Waals surface area contributed by atoms with E-state index >= 15 is 0 Å². The summed E-state index contributed by atoms with van der Waals surface area (Å²) in [5.74, 6) is -0.469. The lowest BCUT2D eigenvalue weighted by atomic mass is 10.2. The van der Waals surface area contributed by atoms with E-state index < -0.39 is 16.0 Å². The summed E-state index contributed by atoms with van der Waals surface area (Å²) < 4.78 is 31.5. The zero-order valence-electron chi connectivity index (χ0n) is 13.6. The van der Waals surface area contributed by atoms with E-state index in [1.54, 1.807) is 6.92 Å². The summed E-state index contributed by atoms with van der Waals surface area (Å²) in [4.78, 5) is 16.6. The van der Waals surface area contributed by atoms with Crippen molar-refractivity contribution in [3.8, 4) is 0 Å². The number of carbonyl (C=O) groups is 1. The minimum absolute atomic E-state index is 0.0376. The number of hydrogen-bond acceptors (Lipinski definition) is 6. The molecule has 2 rings (SSSR count). The van der Waals surface area contributed by atoms with Gasteiger partial charge in [-0.05, 0) is 18.9 Å². The lowest BCUT2D eigenvalue weighted by Crippen LogP contribution is -2.16. The number of hydrogen-bond donors (Lipinski definition) is 1. The average molecular weight is 368 g/mol. The minimum atomic E-state index is -3.44. The molecule has 0 saturated heterocycles. The molecule has 0 fully saturated rings. The van der Waals surface area contributed by atoms with Gasteiger partial charge in [-0.15, -0.1) is 0 Å². The number of rotatable bonds is 8. The van der Waals surface area contributed by atoms with Crippen LogP contribution in [-0.2, 0) is 21.4 Å². The number of thiazole rings is 1. The third-order valence-electron chi connectivity index (χ3n) is 3.20. The zero-order valence-corrected chi connectivity index (χ0v) is 15.2. The Balaban J connectivity index is 2.01. The minimum Gasteiger partial charge on any atom is -0.457 e. The Bertz CT molecular complexity index is 786. The third-order valence-corrected chi connectivity index (χ3v) is 5.72. The van der Waals surface area contributed by atoms with Crippen LogP contribution in [-0.4, -0.2) is 25.1 Å². The molecule has 0 spiro atoms. The second kappa shape index (κ2) is 8.25. The summed E-state index contributed by atoms with van der Waals surface area (Å²) in [7, 11) is -3.44. The first-order chi connectivity index (χ1) is 11.4. The van der Waals surface area contributed by atoms with Gasteiger partial charge in [0.1, 0.15) is 11.5 Å². The molecule has 8 heteroatoms. The molecule has 0 unspecified atom stereocenters. The third kappa shape index (κ3) is 5.31. The predicted molar refractivity (Wildman–Crippen MR) is 94.7 cm³/mol. The summed E-state index contributed by atoms with van der Waals surface area (Å²) in [5, 5.41) is 0.190. The van der Waals surface area contributed by atoms with E-state index in [9.17, 15) is 13.2 Å². The Morgan fingerprint density at radius 1 is 1.29 bits per heavy atom. The predicted octanol–water partition coefficient (Wildman–Crippen LogP) is 3.35. The highest BCUT2D eigenvalue weighted by Crippen LogP contribution is 2.24. The van der Waals surface area contributed by atoms with Gasteiger partial charge in [0.25, 0.3) is 0 Å². The molecule has 130 valence electrons. The maximum absolute atomic E-state index is 12.2. The van der Waals surface area contributed by atoms with E-state index in [0.717, 1.165) is 23.3 Å². The van der Waals surface area contributed by atoms with Crippen LogP contribution in [0.15, 0.2) is 30.3 Å². The smallest absolute Gasteiger partial charge is 0.350 e. The second-order valence-electron chi connectivity index (χ2n) is 5.27. The molecule has 0 aliphatic heterocycles. The number of sulfonamides is 1. The first-order valence-corrected chi connectivity index (χ1v) is 10.1. The van der Waals surface area contributed by atoms with E-state index in [1.165, 1.54) is 0 Å². The first kappa shape index (κ1) is 18.4. The van der Waals surface area contributed by atoms with Crippen LogP contribution in [0.3, 0.4) is 0 Å². The van der Waals surface area contributed by atoms with Gasteiger partial charge in [-0.2, -0.15) is 0 Å². The molecule has 0 saturated carbocycles. The zero-order chi connectivity index (χ0) is 17.6. The molecule has 0 radical (unpaired) electrons. The number of nitrogens with one attached hydrogen (secondary N) is 1. The fourth-order valence-electron chi connectivity index (χ4n) is 1.94. The molecule has 1 N–H and O–H groups in total. The fourth-order valence-corrected chi connectivity index (χ4v) is 4.28. The van der Waals surface area contributed by atoms with Gasteiger partial charge >= 0.3 is 5.97 Å². The molecule has 0 aliphatic rings. The average Bonchev–Trinajstić information content (AvgIpc) is 2.91. The van der Waals surface area contributed by atoms with Gasteiger partial charge in [0.15, 0.2) is 5.13 Å². The number of ether oxygens (including phenoxy) is 1. The lowest BCUT2D eigenvalue weighted by molar-refractivity contribution is 0.0477. The van der Waals surface area contributed by atoms with E-state index in [2.05, 4.69) is 9.71 Å². The van der Waals surface area contributed by atoms with Crippen molar-refractivity contribution in [2.24, 2.45) is 0 Å². The van der Waals surface area contributed by atoms with Crippen molar-refractivity contribution in [3.63, 3.8) is 0 Å². The standard InChI is InChI=1S/C16H20N2O4S2/c1-3-4-10-24(20,21)18-16-17-12(2)14(23-16)15(19)22-11-13-8-6-5-7-9-13/h5-9H,3-4,10-11H2,1-2H3,(H,17,18). The molecule has 1 aromatic heterocycles. The maximum atomic E-state index is 12.2. The van der Waals surface area contributed by atoms with Crippen molar-refractivity contribution < 1.29 is 17.9 Å². The van der Waals surface area contributed by atoms with Gasteiger partial charge in [-0.25, -0.2) is 18.2 Å². The number of nitrogens with zero attached hydrogens (tertiary/aromatic N) is 1. The second-order valence-corrected chi connectivity index (χ2v) is 8.11. The number of carbonyl (C=O) groups excluding carboxylic acids is 1. The van der Waals surface area contributed by atoms with E-state index in [0.29, 0.717) is 17.0 Å². The Morgan fingerprint density at radius 2 is 2.00 bits per heavy atom. The SMILES string of the molecule is CCCCS(=O)(=O)Nc1nc(C)c(C(=O)OCc2ccccc2)s1. The van der Waals surface area contributed by atoms with Gasteiger partial charge in [0.2, 0.25) is 10.0 Å². The van der Waals surface area contributed by atoms with Gasteiger partial charge in [-0.3, -0.25) is 4.72 Å². The van der Waals surface area contributed by atoms with Crippen molar-refractivity contribution in [2.45, 2.75) is 33.3 Å². The van der Waals surface area contributed by atoms with Crippen LogP contribution in [0, 0.1) is 6.92 Å². The van der Waals surface area contributed by atoms with Gasteiger partial charge < -0.3 is 4.74 Å². The molecular weight excluding hydrogens is 348 g/mol. The summed E-state index contributed by atoms with van der Waals surface area (Å²) in [6.45, 7) is 3.73. The Hall–Kier alpha value is -1.93. The Morgan fingerprint density at radius 3 is 2.67 bits per heavy atom. The van der Waals surface area contributed by atoms with Gasteiger partial charge in [-0.1, -0.05) is 55.0 Å². The molecule has 1 heterocycles. The largest absolute Gasteiger partial charge is 0.457 e. The van der Waals surface area contributed by atoms with Crippen molar-refractivity contribution in [2.75, 3.05) is 10.5 Å². The number of anilines is 1. The molecular formula is C16H20N2O4S2. The topological polar surface area (TPSA) is 85.4 Å². The first-order valence-electron chi connectivity index (χ1n) is 7.60. The van der Waals surface area contributed by atoms with Gasteiger partial charge in [0, 0.05) is 0 Å². The lowest BCUT2D eigenvalue weighted by Gasteiger charge is -2.04. The maximum Gasteiger partial charge on any atom is 0.350 e. The van der Waals surface area contributed by atoms with Gasteiger partial charge in [0.05, 0.1) is 11.4 Å². The summed E-state index contributed by atoms with van der Waals surface area (Å²) >= 11 is 0.987. The highest BCUT2D eigenvalue weighted by atomic mass is 32.2. The van der Waals surface area contributed by atoms with E-state index in [1.807, 2.05) is 37.3 Å². The van der Waals surface area contributed by atoms with Crippen molar-refractivity contribution in [1.29, 1.82) is 0 Å². The molecule has 24 heavy (non-hydrogen) atoms. The quantitative estimate of drug-likeness (QED) is 0.722.